The van der Waals surface area contributed by atoms with Gasteiger partial charge in [-0.25, -0.2) is 27.6 Å². The summed E-state index contributed by atoms with van der Waals surface area (Å²) < 4.78 is 48.2. The molecule has 5 rings (SSSR count). The first-order valence-corrected chi connectivity index (χ1v) is 13.5. The molecule has 9 nitrogen and oxygen atoms in total. The van der Waals surface area contributed by atoms with Gasteiger partial charge in [0.25, 0.3) is 0 Å². The Kier molecular flexibility index (Phi) is 6.48. The number of likely N-dealkylation sites (tertiary alicyclic amines) is 1. The summed E-state index contributed by atoms with van der Waals surface area (Å²) in [4.78, 5) is 25.0. The maximum atomic E-state index is 13.0. The Morgan fingerprint density at radius 2 is 1.78 bits per heavy atom. The van der Waals surface area contributed by atoms with Gasteiger partial charge in [0.15, 0.2) is 9.84 Å². The quantitative estimate of drug-likeness (QED) is 0.509. The van der Waals surface area contributed by atoms with Gasteiger partial charge in [0.1, 0.15) is 29.8 Å². The van der Waals surface area contributed by atoms with E-state index in [-0.39, 0.29) is 6.10 Å². The molecule has 1 amide bonds. The van der Waals surface area contributed by atoms with Gasteiger partial charge in [-0.05, 0) is 54.4 Å². The number of ether oxygens (including phenoxy) is 2. The van der Waals surface area contributed by atoms with E-state index in [0.717, 1.165) is 11.3 Å². The zero-order valence-electron chi connectivity index (χ0n) is 19.6. The molecule has 1 saturated heterocycles. The molecule has 1 fully saturated rings. The molecule has 0 unspecified atom stereocenters. The fourth-order valence-corrected chi connectivity index (χ4v) is 5.06. The van der Waals surface area contributed by atoms with Crippen molar-refractivity contribution in [1.29, 1.82) is 0 Å². The summed E-state index contributed by atoms with van der Waals surface area (Å²) in [6, 6.07) is 12.2. The van der Waals surface area contributed by atoms with Crippen molar-refractivity contribution in [3.63, 3.8) is 0 Å². The van der Waals surface area contributed by atoms with E-state index in [4.69, 9.17) is 9.47 Å². The number of amides is 1. The van der Waals surface area contributed by atoms with E-state index >= 15 is 0 Å². The predicted octanol–water partition coefficient (Wildman–Crippen LogP) is 3.76. The lowest BCUT2D eigenvalue weighted by molar-refractivity contribution is 0.0904. The molecule has 0 radical (unpaired) electrons. The molecule has 0 aliphatic carbocycles. The molecule has 0 spiro atoms. The van der Waals surface area contributed by atoms with E-state index in [1.54, 1.807) is 23.1 Å². The Balaban J connectivity index is 1.19. The molecule has 188 valence electrons. The Labute approximate surface area is 208 Å². The normalized spacial score (nSPS) is 16.1. The van der Waals surface area contributed by atoms with Crippen LogP contribution < -0.4 is 14.4 Å². The van der Waals surface area contributed by atoms with Crippen molar-refractivity contribution in [3.05, 3.63) is 66.2 Å². The minimum absolute atomic E-state index is 0.120. The summed E-state index contributed by atoms with van der Waals surface area (Å²) in [5, 5.41) is 0. The molecule has 3 aromatic rings. The first-order valence-electron chi connectivity index (χ1n) is 11.6. The highest BCUT2D eigenvalue weighted by molar-refractivity contribution is 7.90. The van der Waals surface area contributed by atoms with Gasteiger partial charge in [-0.1, -0.05) is 0 Å². The zero-order chi connectivity index (χ0) is 25.3. The van der Waals surface area contributed by atoms with Gasteiger partial charge in [-0.15, -0.1) is 0 Å². The fourth-order valence-electron chi connectivity index (χ4n) is 4.38. The molecule has 0 saturated carbocycles. The Morgan fingerprint density at radius 1 is 1.03 bits per heavy atom. The smallest absolute Gasteiger partial charge is 0.415 e. The van der Waals surface area contributed by atoms with Crippen LogP contribution >= 0.6 is 0 Å². The number of carbonyl (C=O) groups is 1. The lowest BCUT2D eigenvalue weighted by Crippen LogP contribution is -2.43. The van der Waals surface area contributed by atoms with Crippen LogP contribution in [0.15, 0.2) is 59.8 Å². The number of hydrogen-bond donors (Lipinski definition) is 0. The molecule has 2 aliphatic rings. The second kappa shape index (κ2) is 9.73. The second-order valence-electron chi connectivity index (χ2n) is 8.80. The van der Waals surface area contributed by atoms with Gasteiger partial charge in [0, 0.05) is 50.5 Å². The van der Waals surface area contributed by atoms with E-state index in [0.29, 0.717) is 61.2 Å². The Hall–Kier alpha value is -3.73. The average Bonchev–Trinajstić information content (AvgIpc) is 3.29. The third-order valence-electron chi connectivity index (χ3n) is 6.29. The standard InChI is InChI=1S/C25H25FN4O5S/c1-36(32,33)21-6-7-22-17(14-21)8-13-30(22)23-15-24(28-16-27-23)34-20-9-11-29(12-10-20)25(31)35-19-4-2-18(26)3-5-19/h2-7,14-16,20H,8-13H2,1H3. The van der Waals surface area contributed by atoms with Crippen molar-refractivity contribution in [3.8, 4) is 11.6 Å². The van der Waals surface area contributed by atoms with Crippen molar-refractivity contribution in [2.45, 2.75) is 30.3 Å². The number of nitrogens with zero attached hydrogens (tertiary/aromatic N) is 4. The van der Waals surface area contributed by atoms with Crippen molar-refractivity contribution in [1.82, 2.24) is 14.9 Å². The summed E-state index contributed by atoms with van der Waals surface area (Å²) in [6.45, 7) is 1.60. The Morgan fingerprint density at radius 3 is 2.50 bits per heavy atom. The van der Waals surface area contributed by atoms with Crippen LogP contribution in [-0.4, -0.2) is 61.4 Å². The van der Waals surface area contributed by atoms with Crippen LogP contribution in [-0.2, 0) is 16.3 Å². The number of sulfone groups is 1. The number of rotatable bonds is 5. The monoisotopic (exact) mass is 512 g/mol. The van der Waals surface area contributed by atoms with E-state index in [2.05, 4.69) is 9.97 Å². The first-order chi connectivity index (χ1) is 17.3. The second-order valence-corrected chi connectivity index (χ2v) is 10.8. The van der Waals surface area contributed by atoms with Crippen molar-refractivity contribution >= 4 is 27.4 Å². The average molecular weight is 513 g/mol. The molecule has 2 aromatic carbocycles. The molecule has 36 heavy (non-hydrogen) atoms. The first kappa shape index (κ1) is 24.0. The van der Waals surface area contributed by atoms with Crippen LogP contribution in [0.2, 0.25) is 0 Å². The van der Waals surface area contributed by atoms with Crippen molar-refractivity contribution in [2.24, 2.45) is 0 Å². The number of hydrogen-bond acceptors (Lipinski definition) is 8. The highest BCUT2D eigenvalue weighted by Crippen LogP contribution is 2.35. The topological polar surface area (TPSA) is 102 Å². The van der Waals surface area contributed by atoms with Crippen LogP contribution in [0, 0.1) is 5.82 Å². The van der Waals surface area contributed by atoms with E-state index in [1.165, 1.54) is 36.8 Å². The van der Waals surface area contributed by atoms with Gasteiger partial charge >= 0.3 is 6.09 Å². The molecular formula is C25H25FN4O5S. The predicted molar refractivity (Wildman–Crippen MR) is 130 cm³/mol. The molecule has 1 aromatic heterocycles. The third kappa shape index (κ3) is 5.25. The molecule has 2 aliphatic heterocycles. The van der Waals surface area contributed by atoms with Crippen LogP contribution in [0.3, 0.4) is 0 Å². The highest BCUT2D eigenvalue weighted by atomic mass is 32.2. The zero-order valence-corrected chi connectivity index (χ0v) is 20.4. The van der Waals surface area contributed by atoms with Crippen LogP contribution in [0.4, 0.5) is 20.7 Å². The highest BCUT2D eigenvalue weighted by Gasteiger charge is 2.27. The fraction of sp³-hybridized carbons (Fsp3) is 0.320. The maximum Gasteiger partial charge on any atom is 0.415 e. The number of carbonyl (C=O) groups excluding carboxylic acids is 1. The molecule has 0 bridgehead atoms. The van der Waals surface area contributed by atoms with Crippen molar-refractivity contribution in [2.75, 3.05) is 30.8 Å². The molecule has 0 atom stereocenters. The largest absolute Gasteiger partial charge is 0.474 e. The molecular weight excluding hydrogens is 487 g/mol. The lowest BCUT2D eigenvalue weighted by Gasteiger charge is -2.31. The number of fused-ring (bicyclic) bond motifs is 1. The SMILES string of the molecule is CS(=O)(=O)c1ccc2c(c1)CCN2c1cc(OC2CCN(C(=O)Oc3ccc(F)cc3)CC2)ncn1. The Bertz CT molecular complexity index is 1380. The van der Waals surface area contributed by atoms with Crippen molar-refractivity contribution < 1.29 is 27.1 Å². The van der Waals surface area contributed by atoms with Gasteiger partial charge in [0.2, 0.25) is 5.88 Å². The van der Waals surface area contributed by atoms with E-state index < -0.39 is 21.7 Å². The maximum absolute atomic E-state index is 13.0. The number of aromatic nitrogens is 2. The third-order valence-corrected chi connectivity index (χ3v) is 7.40. The van der Waals surface area contributed by atoms with Gasteiger partial charge in [-0.3, -0.25) is 0 Å². The minimum atomic E-state index is -3.27. The summed E-state index contributed by atoms with van der Waals surface area (Å²) in [5.74, 6) is 1.01. The molecule has 3 heterocycles. The molecule has 0 N–H and O–H groups in total. The summed E-state index contributed by atoms with van der Waals surface area (Å²) in [5.41, 5.74) is 1.87. The molecule has 11 heteroatoms. The van der Waals surface area contributed by atoms with Crippen LogP contribution in [0.25, 0.3) is 0 Å². The van der Waals surface area contributed by atoms with Crippen LogP contribution in [0.5, 0.6) is 11.6 Å². The minimum Gasteiger partial charge on any atom is -0.474 e. The van der Waals surface area contributed by atoms with Gasteiger partial charge in [-0.2, -0.15) is 0 Å². The summed E-state index contributed by atoms with van der Waals surface area (Å²) in [6.07, 6.45) is 3.99. The van der Waals surface area contributed by atoms with Gasteiger partial charge < -0.3 is 19.3 Å². The number of benzene rings is 2. The summed E-state index contributed by atoms with van der Waals surface area (Å²) in [7, 11) is -3.27. The number of anilines is 2. The van der Waals surface area contributed by atoms with E-state index in [9.17, 15) is 17.6 Å². The summed E-state index contributed by atoms with van der Waals surface area (Å²) >= 11 is 0. The van der Waals surface area contributed by atoms with E-state index in [1.807, 2.05) is 11.0 Å². The number of piperidine rings is 1. The van der Waals surface area contributed by atoms with Crippen LogP contribution in [0.1, 0.15) is 18.4 Å². The van der Waals surface area contributed by atoms with Gasteiger partial charge in [0.05, 0.1) is 4.90 Å². The number of halogens is 1. The lowest BCUT2D eigenvalue weighted by atomic mass is 10.1.